The average molecular weight is 330 g/mol. The lowest BCUT2D eigenvalue weighted by molar-refractivity contribution is -0.673. The molecule has 0 radical (unpaired) electrons. The van der Waals surface area contributed by atoms with Crippen LogP contribution in [0.4, 0.5) is 5.00 Å². The lowest BCUT2D eigenvalue weighted by atomic mass is 10.1. The van der Waals surface area contributed by atoms with Gasteiger partial charge in [-0.1, -0.05) is 12.1 Å². The number of fused-ring (bicyclic) bond motifs is 2. The van der Waals surface area contributed by atoms with Crippen molar-refractivity contribution in [2.75, 3.05) is 11.9 Å². The van der Waals surface area contributed by atoms with Crippen molar-refractivity contribution >= 4 is 43.8 Å². The molecule has 6 heteroatoms. The highest BCUT2D eigenvalue weighted by molar-refractivity contribution is 7.22. The van der Waals surface area contributed by atoms with Crippen LogP contribution in [0.3, 0.4) is 0 Å². The molecule has 4 rings (SSSR count). The van der Waals surface area contributed by atoms with Crippen LogP contribution >= 0.6 is 22.7 Å². The Morgan fingerprint density at radius 2 is 2.18 bits per heavy atom. The van der Waals surface area contributed by atoms with E-state index in [1.54, 1.807) is 29.6 Å². The van der Waals surface area contributed by atoms with Gasteiger partial charge in [-0.05, 0) is 12.1 Å². The standard InChI is InChI=1S/C16H15N3OS2/c1-9(20)18-15-14(10-8-17-7-6-12(10)21-15)16-19-11-4-2-3-5-13(11)22-16/h2-5,17H,6-8H2,1H3,(H,18,20)/p+1. The summed E-state index contributed by atoms with van der Waals surface area (Å²) in [5.41, 5.74) is 3.50. The van der Waals surface area contributed by atoms with Gasteiger partial charge >= 0.3 is 0 Å². The van der Waals surface area contributed by atoms with Crippen molar-refractivity contribution in [3.8, 4) is 10.6 Å². The van der Waals surface area contributed by atoms with Crippen LogP contribution in [0.5, 0.6) is 0 Å². The normalized spacial score (nSPS) is 14.0. The van der Waals surface area contributed by atoms with Gasteiger partial charge in [0.05, 0.1) is 22.3 Å². The zero-order valence-electron chi connectivity index (χ0n) is 12.2. The minimum absolute atomic E-state index is 0.0232. The van der Waals surface area contributed by atoms with Gasteiger partial charge in [0, 0.05) is 23.8 Å². The molecule has 0 aliphatic carbocycles. The summed E-state index contributed by atoms with van der Waals surface area (Å²) in [7, 11) is 0. The maximum absolute atomic E-state index is 11.6. The molecule has 22 heavy (non-hydrogen) atoms. The van der Waals surface area contributed by atoms with Crippen LogP contribution < -0.4 is 10.6 Å². The molecule has 3 N–H and O–H groups in total. The molecule has 0 spiro atoms. The van der Waals surface area contributed by atoms with Gasteiger partial charge in [0.1, 0.15) is 16.6 Å². The molecule has 1 aliphatic heterocycles. The van der Waals surface area contributed by atoms with Gasteiger partial charge in [0.15, 0.2) is 0 Å². The van der Waals surface area contributed by atoms with Gasteiger partial charge in [-0.2, -0.15) is 0 Å². The first-order valence-corrected chi connectivity index (χ1v) is 8.95. The summed E-state index contributed by atoms with van der Waals surface area (Å²) in [6, 6.07) is 8.19. The fraction of sp³-hybridized carbons (Fsp3) is 0.250. The quantitative estimate of drug-likeness (QED) is 0.759. The summed E-state index contributed by atoms with van der Waals surface area (Å²) < 4.78 is 1.19. The number of amides is 1. The third-order valence-electron chi connectivity index (χ3n) is 3.81. The molecule has 1 aromatic carbocycles. The number of carbonyl (C=O) groups excluding carboxylic acids is 1. The number of quaternary nitrogens is 1. The van der Waals surface area contributed by atoms with Crippen LogP contribution in [-0.2, 0) is 17.8 Å². The third-order valence-corrected chi connectivity index (χ3v) is 6.07. The van der Waals surface area contributed by atoms with Crippen LogP contribution in [-0.4, -0.2) is 17.4 Å². The van der Waals surface area contributed by atoms with Gasteiger partial charge < -0.3 is 10.6 Å². The van der Waals surface area contributed by atoms with E-state index in [9.17, 15) is 4.79 Å². The molecule has 0 bridgehead atoms. The van der Waals surface area contributed by atoms with Gasteiger partial charge in [-0.3, -0.25) is 4.79 Å². The summed E-state index contributed by atoms with van der Waals surface area (Å²) >= 11 is 3.41. The van der Waals surface area contributed by atoms with E-state index in [-0.39, 0.29) is 5.91 Å². The minimum Gasteiger partial charge on any atom is -0.342 e. The van der Waals surface area contributed by atoms with Crippen molar-refractivity contribution in [2.45, 2.75) is 19.9 Å². The van der Waals surface area contributed by atoms with E-state index in [1.807, 2.05) is 18.2 Å². The van der Waals surface area contributed by atoms with Gasteiger partial charge in [-0.25, -0.2) is 4.98 Å². The summed E-state index contributed by atoms with van der Waals surface area (Å²) in [6.07, 6.45) is 1.07. The monoisotopic (exact) mass is 330 g/mol. The molecular weight excluding hydrogens is 314 g/mol. The molecule has 0 unspecified atom stereocenters. The Morgan fingerprint density at radius 3 is 3.00 bits per heavy atom. The number of nitrogens with zero attached hydrogens (tertiary/aromatic N) is 1. The van der Waals surface area contributed by atoms with E-state index >= 15 is 0 Å². The first-order valence-electron chi connectivity index (χ1n) is 7.32. The summed E-state index contributed by atoms with van der Waals surface area (Å²) in [5.74, 6) is -0.0232. The van der Waals surface area contributed by atoms with Crippen LogP contribution in [0.2, 0.25) is 0 Å². The molecule has 1 aliphatic rings. The number of para-hydroxylation sites is 1. The second-order valence-corrected chi connectivity index (χ2v) is 7.54. The summed E-state index contributed by atoms with van der Waals surface area (Å²) in [5, 5.41) is 7.29. The smallest absolute Gasteiger partial charge is 0.221 e. The Labute approximate surface area is 136 Å². The third kappa shape index (κ3) is 2.33. The molecule has 4 nitrogen and oxygen atoms in total. The van der Waals surface area contributed by atoms with Crippen molar-refractivity contribution in [3.63, 3.8) is 0 Å². The van der Waals surface area contributed by atoms with E-state index in [4.69, 9.17) is 4.98 Å². The van der Waals surface area contributed by atoms with Crippen molar-refractivity contribution in [3.05, 3.63) is 34.7 Å². The lowest BCUT2D eigenvalue weighted by Crippen LogP contribution is -2.84. The van der Waals surface area contributed by atoms with Crippen LogP contribution in [0.15, 0.2) is 24.3 Å². The largest absolute Gasteiger partial charge is 0.342 e. The van der Waals surface area contributed by atoms with E-state index in [0.29, 0.717) is 0 Å². The number of thiophene rings is 1. The number of hydrogen-bond donors (Lipinski definition) is 2. The fourth-order valence-electron chi connectivity index (χ4n) is 2.86. The topological polar surface area (TPSA) is 58.6 Å². The molecule has 2 aromatic heterocycles. The Morgan fingerprint density at radius 1 is 1.32 bits per heavy atom. The number of hydrogen-bond acceptors (Lipinski definition) is 4. The van der Waals surface area contributed by atoms with Crippen molar-refractivity contribution < 1.29 is 10.1 Å². The summed E-state index contributed by atoms with van der Waals surface area (Å²) in [6.45, 7) is 3.65. The van der Waals surface area contributed by atoms with E-state index < -0.39 is 0 Å². The highest BCUT2D eigenvalue weighted by Crippen LogP contribution is 2.44. The highest BCUT2D eigenvalue weighted by atomic mass is 32.1. The number of nitrogens with one attached hydrogen (secondary N) is 1. The Balaban J connectivity index is 1.91. The molecule has 0 fully saturated rings. The second kappa shape index (κ2) is 5.46. The van der Waals surface area contributed by atoms with Crippen molar-refractivity contribution in [1.29, 1.82) is 0 Å². The number of benzene rings is 1. The van der Waals surface area contributed by atoms with E-state index in [1.165, 1.54) is 15.1 Å². The van der Waals surface area contributed by atoms with Gasteiger partial charge in [0.2, 0.25) is 5.91 Å². The van der Waals surface area contributed by atoms with Crippen LogP contribution in [0, 0.1) is 0 Å². The Bertz CT molecular complexity index is 833. The fourth-order valence-corrected chi connectivity index (χ4v) is 5.26. The number of nitrogens with two attached hydrogens (primary N) is 1. The van der Waals surface area contributed by atoms with E-state index in [0.717, 1.165) is 40.6 Å². The molecular formula is C16H16N3OS2+. The molecule has 0 atom stereocenters. The van der Waals surface area contributed by atoms with Gasteiger partial charge in [0.25, 0.3) is 0 Å². The predicted molar refractivity (Wildman–Crippen MR) is 91.4 cm³/mol. The highest BCUT2D eigenvalue weighted by Gasteiger charge is 2.26. The summed E-state index contributed by atoms with van der Waals surface area (Å²) in [4.78, 5) is 17.7. The molecule has 1 amide bonds. The zero-order chi connectivity index (χ0) is 15.1. The maximum Gasteiger partial charge on any atom is 0.221 e. The zero-order valence-corrected chi connectivity index (χ0v) is 13.8. The second-order valence-electron chi connectivity index (χ2n) is 5.41. The Kier molecular flexibility index (Phi) is 3.44. The number of thiazole rings is 1. The molecule has 112 valence electrons. The first-order chi connectivity index (χ1) is 10.7. The van der Waals surface area contributed by atoms with Gasteiger partial charge in [-0.15, -0.1) is 22.7 Å². The molecule has 0 saturated carbocycles. The number of carbonyl (C=O) groups is 1. The van der Waals surface area contributed by atoms with Crippen LogP contribution in [0.1, 0.15) is 17.4 Å². The Hall–Kier alpha value is -1.76. The molecule has 3 heterocycles. The molecule has 0 saturated heterocycles. The van der Waals surface area contributed by atoms with Crippen molar-refractivity contribution in [2.24, 2.45) is 0 Å². The average Bonchev–Trinajstić information content (AvgIpc) is 3.06. The number of anilines is 1. The predicted octanol–water partition coefficient (Wildman–Crippen LogP) is 2.60. The number of rotatable bonds is 2. The first kappa shape index (κ1) is 13.9. The van der Waals surface area contributed by atoms with Crippen molar-refractivity contribution in [1.82, 2.24) is 4.98 Å². The number of aromatic nitrogens is 1. The maximum atomic E-state index is 11.6. The van der Waals surface area contributed by atoms with Crippen LogP contribution in [0.25, 0.3) is 20.8 Å². The minimum atomic E-state index is -0.0232. The SMILES string of the molecule is CC(=O)Nc1sc2c(c1-c1nc3ccccc3s1)C[NH2+]CC2. The van der Waals surface area contributed by atoms with E-state index in [2.05, 4.69) is 16.7 Å². The lowest BCUT2D eigenvalue weighted by Gasteiger charge is -2.10. The molecule has 3 aromatic rings.